The lowest BCUT2D eigenvalue weighted by Gasteiger charge is -2.15. The highest BCUT2D eigenvalue weighted by molar-refractivity contribution is 7.89. The van der Waals surface area contributed by atoms with E-state index >= 15 is 0 Å². The van der Waals surface area contributed by atoms with Crippen LogP contribution in [0.4, 0.5) is 0 Å². The first-order valence-electron chi connectivity index (χ1n) is 5.65. The van der Waals surface area contributed by atoms with Crippen molar-refractivity contribution in [3.05, 3.63) is 27.2 Å². The lowest BCUT2D eigenvalue weighted by Crippen LogP contribution is -2.38. The van der Waals surface area contributed by atoms with E-state index in [0.717, 1.165) is 6.54 Å². The molecule has 0 spiro atoms. The van der Waals surface area contributed by atoms with Crippen LogP contribution in [0.25, 0.3) is 0 Å². The van der Waals surface area contributed by atoms with Crippen LogP contribution in [-0.4, -0.2) is 27.5 Å². The SMILES string of the molecule is CCN[C@H](C)CNS(=O)(=O)c1c(Cl)cc(Cl)cc1Cl.Cl. The highest BCUT2D eigenvalue weighted by Crippen LogP contribution is 2.32. The van der Waals surface area contributed by atoms with E-state index in [-0.39, 0.29) is 45.0 Å². The quantitative estimate of drug-likeness (QED) is 0.794. The number of benzene rings is 1. The molecule has 0 bridgehead atoms. The van der Waals surface area contributed by atoms with Crippen LogP contribution in [0.15, 0.2) is 17.0 Å². The molecule has 1 rings (SSSR count). The largest absolute Gasteiger partial charge is 0.313 e. The molecule has 116 valence electrons. The van der Waals surface area contributed by atoms with Gasteiger partial charge in [-0.2, -0.15) is 0 Å². The van der Waals surface area contributed by atoms with Crippen LogP contribution in [0.3, 0.4) is 0 Å². The fourth-order valence-electron chi connectivity index (χ4n) is 1.51. The summed E-state index contributed by atoms with van der Waals surface area (Å²) >= 11 is 17.5. The molecule has 4 nitrogen and oxygen atoms in total. The third-order valence-corrected chi connectivity index (χ3v) is 4.93. The lowest BCUT2D eigenvalue weighted by atomic mass is 10.3. The molecule has 2 N–H and O–H groups in total. The van der Waals surface area contributed by atoms with E-state index in [0.29, 0.717) is 0 Å². The van der Waals surface area contributed by atoms with Crippen LogP contribution in [0.1, 0.15) is 13.8 Å². The van der Waals surface area contributed by atoms with Crippen molar-refractivity contribution in [1.29, 1.82) is 0 Å². The Balaban J connectivity index is 0.00000361. The molecule has 9 heteroatoms. The molecule has 0 heterocycles. The Bertz CT molecular complexity index is 528. The summed E-state index contributed by atoms with van der Waals surface area (Å²) in [6, 6.07) is 2.69. The number of halogens is 4. The third-order valence-electron chi connectivity index (χ3n) is 2.36. The van der Waals surface area contributed by atoms with Crippen LogP contribution in [-0.2, 0) is 10.0 Å². The number of hydrogen-bond acceptors (Lipinski definition) is 3. The first-order chi connectivity index (χ1) is 8.77. The predicted molar refractivity (Wildman–Crippen MR) is 87.0 cm³/mol. The van der Waals surface area contributed by atoms with Gasteiger partial charge in [0.2, 0.25) is 10.0 Å². The average Bonchev–Trinajstić information content (AvgIpc) is 2.25. The second kappa shape index (κ2) is 8.63. The van der Waals surface area contributed by atoms with Crippen molar-refractivity contribution in [3.8, 4) is 0 Å². The average molecular weight is 382 g/mol. The minimum atomic E-state index is -3.76. The second-order valence-corrected chi connectivity index (χ2v) is 6.96. The molecule has 1 aromatic rings. The molecule has 0 unspecified atom stereocenters. The van der Waals surface area contributed by atoms with E-state index in [4.69, 9.17) is 34.8 Å². The summed E-state index contributed by atoms with van der Waals surface area (Å²) in [6.07, 6.45) is 0. The molecule has 20 heavy (non-hydrogen) atoms. The Hall–Kier alpha value is 0.250. The molecule has 0 aliphatic heterocycles. The molecule has 0 aromatic heterocycles. The van der Waals surface area contributed by atoms with Gasteiger partial charge in [0.15, 0.2) is 0 Å². The minimum Gasteiger partial charge on any atom is -0.313 e. The number of hydrogen-bond donors (Lipinski definition) is 2. The maximum Gasteiger partial charge on any atom is 0.243 e. The number of nitrogens with one attached hydrogen (secondary N) is 2. The van der Waals surface area contributed by atoms with Gasteiger partial charge in [0.25, 0.3) is 0 Å². The van der Waals surface area contributed by atoms with Crippen molar-refractivity contribution in [1.82, 2.24) is 10.0 Å². The minimum absolute atomic E-state index is 0. The zero-order valence-electron chi connectivity index (χ0n) is 10.9. The Morgan fingerprint density at radius 2 is 1.70 bits per heavy atom. The van der Waals surface area contributed by atoms with Gasteiger partial charge in [0.1, 0.15) is 4.90 Å². The summed E-state index contributed by atoms with van der Waals surface area (Å²) in [5.74, 6) is 0. The fourth-order valence-corrected chi connectivity index (χ4v) is 4.18. The molecule has 0 amide bonds. The van der Waals surface area contributed by atoms with E-state index in [1.165, 1.54) is 12.1 Å². The molecule has 1 aromatic carbocycles. The smallest absolute Gasteiger partial charge is 0.243 e. The Morgan fingerprint density at radius 1 is 1.20 bits per heavy atom. The van der Waals surface area contributed by atoms with Gasteiger partial charge in [-0.25, -0.2) is 13.1 Å². The Morgan fingerprint density at radius 3 is 2.15 bits per heavy atom. The van der Waals surface area contributed by atoms with Crippen LogP contribution < -0.4 is 10.0 Å². The Kier molecular flexibility index (Phi) is 8.74. The maximum atomic E-state index is 12.1. The summed E-state index contributed by atoms with van der Waals surface area (Å²) < 4.78 is 26.7. The van der Waals surface area contributed by atoms with Crippen molar-refractivity contribution >= 4 is 57.2 Å². The molecule has 0 saturated heterocycles. The molecule has 0 fully saturated rings. The summed E-state index contributed by atoms with van der Waals surface area (Å²) in [7, 11) is -3.76. The summed E-state index contributed by atoms with van der Waals surface area (Å²) in [5, 5.41) is 3.38. The van der Waals surface area contributed by atoms with Crippen LogP contribution in [0, 0.1) is 0 Å². The van der Waals surface area contributed by atoms with E-state index in [9.17, 15) is 8.42 Å². The summed E-state index contributed by atoms with van der Waals surface area (Å²) in [4.78, 5) is -0.149. The zero-order chi connectivity index (χ0) is 14.6. The second-order valence-electron chi connectivity index (χ2n) is 4.01. The standard InChI is InChI=1S/C11H15Cl3N2O2S.ClH/c1-3-15-7(2)6-16-19(17,18)11-9(13)4-8(12)5-10(11)14;/h4-5,7,15-16H,3,6H2,1-2H3;1H/t7-;/m1./s1. The highest BCUT2D eigenvalue weighted by atomic mass is 35.5. The normalized spacial score (nSPS) is 12.8. The van der Waals surface area contributed by atoms with Crippen molar-refractivity contribution < 1.29 is 8.42 Å². The predicted octanol–water partition coefficient (Wildman–Crippen LogP) is 3.34. The van der Waals surface area contributed by atoms with E-state index in [2.05, 4.69) is 10.0 Å². The first-order valence-corrected chi connectivity index (χ1v) is 8.27. The van der Waals surface area contributed by atoms with Gasteiger partial charge in [0.05, 0.1) is 10.0 Å². The van der Waals surface area contributed by atoms with Crippen LogP contribution >= 0.6 is 47.2 Å². The van der Waals surface area contributed by atoms with Crippen molar-refractivity contribution in [2.45, 2.75) is 24.8 Å². The van der Waals surface area contributed by atoms with Crippen LogP contribution in [0.5, 0.6) is 0 Å². The fraction of sp³-hybridized carbons (Fsp3) is 0.455. The topological polar surface area (TPSA) is 58.2 Å². The molecule has 1 atom stereocenters. The van der Waals surface area contributed by atoms with Crippen molar-refractivity contribution in [2.24, 2.45) is 0 Å². The number of likely N-dealkylation sites (N-methyl/N-ethyl adjacent to an activating group) is 1. The van der Waals surface area contributed by atoms with Gasteiger partial charge in [-0.05, 0) is 25.6 Å². The molecule has 0 saturated carbocycles. The van der Waals surface area contributed by atoms with Crippen LogP contribution in [0.2, 0.25) is 15.1 Å². The van der Waals surface area contributed by atoms with Crippen molar-refractivity contribution in [2.75, 3.05) is 13.1 Å². The highest BCUT2D eigenvalue weighted by Gasteiger charge is 2.22. The van der Waals surface area contributed by atoms with Gasteiger partial charge in [0, 0.05) is 17.6 Å². The summed E-state index contributed by atoms with van der Waals surface area (Å²) in [5.41, 5.74) is 0. The zero-order valence-corrected chi connectivity index (χ0v) is 14.8. The number of rotatable bonds is 6. The third kappa shape index (κ3) is 5.56. The molecule has 0 aliphatic rings. The maximum absolute atomic E-state index is 12.1. The van der Waals surface area contributed by atoms with Gasteiger partial charge in [-0.1, -0.05) is 41.7 Å². The Labute approximate surface area is 140 Å². The first kappa shape index (κ1) is 20.2. The van der Waals surface area contributed by atoms with E-state index < -0.39 is 10.0 Å². The van der Waals surface area contributed by atoms with Gasteiger partial charge < -0.3 is 5.32 Å². The van der Waals surface area contributed by atoms with Gasteiger partial charge in [-0.15, -0.1) is 12.4 Å². The van der Waals surface area contributed by atoms with E-state index in [1.807, 2.05) is 13.8 Å². The summed E-state index contributed by atoms with van der Waals surface area (Å²) in [6.45, 7) is 4.81. The molecule has 0 radical (unpaired) electrons. The monoisotopic (exact) mass is 380 g/mol. The van der Waals surface area contributed by atoms with Crippen molar-refractivity contribution in [3.63, 3.8) is 0 Å². The lowest BCUT2D eigenvalue weighted by molar-refractivity contribution is 0.536. The molecular formula is C11H16Cl4N2O2S. The van der Waals surface area contributed by atoms with E-state index in [1.54, 1.807) is 0 Å². The molecular weight excluding hydrogens is 366 g/mol. The molecule has 0 aliphatic carbocycles. The number of sulfonamides is 1. The van der Waals surface area contributed by atoms with Gasteiger partial charge >= 0.3 is 0 Å². The van der Waals surface area contributed by atoms with Gasteiger partial charge in [-0.3, -0.25) is 0 Å².